The molecule has 3 heterocycles. The second-order valence-corrected chi connectivity index (χ2v) is 6.86. The van der Waals surface area contributed by atoms with Crippen LogP contribution in [0, 0.1) is 0 Å². The Kier molecular flexibility index (Phi) is 3.81. The van der Waals surface area contributed by atoms with E-state index in [4.69, 9.17) is 4.98 Å². The van der Waals surface area contributed by atoms with Crippen LogP contribution in [-0.4, -0.2) is 25.5 Å². The van der Waals surface area contributed by atoms with Crippen LogP contribution in [0.25, 0.3) is 16.6 Å². The summed E-state index contributed by atoms with van der Waals surface area (Å²) < 4.78 is 1.89. The van der Waals surface area contributed by atoms with Gasteiger partial charge in [0.05, 0.1) is 17.6 Å². The molecule has 6 nitrogen and oxygen atoms in total. The molecule has 0 bridgehead atoms. The molecule has 1 N–H and O–H groups in total. The SMILES string of the molecule is O=C(NCc1nnc2ccccn12)c1c2c(nc3ccccc13)CCCC2. The number of hydrogen-bond donors (Lipinski definition) is 1. The zero-order valence-electron chi connectivity index (χ0n) is 14.9. The summed E-state index contributed by atoms with van der Waals surface area (Å²) in [6.07, 6.45) is 5.98. The topological polar surface area (TPSA) is 72.2 Å². The number of nitrogens with zero attached hydrogens (tertiary/aromatic N) is 4. The zero-order valence-corrected chi connectivity index (χ0v) is 14.9. The monoisotopic (exact) mass is 357 g/mol. The van der Waals surface area contributed by atoms with Crippen LogP contribution < -0.4 is 5.32 Å². The Morgan fingerprint density at radius 2 is 1.89 bits per heavy atom. The quantitative estimate of drug-likeness (QED) is 0.612. The maximum absolute atomic E-state index is 13.2. The van der Waals surface area contributed by atoms with E-state index in [1.54, 1.807) is 0 Å². The lowest BCUT2D eigenvalue weighted by Crippen LogP contribution is -2.27. The van der Waals surface area contributed by atoms with Crippen LogP contribution in [0.15, 0.2) is 48.7 Å². The molecular weight excluding hydrogens is 338 g/mol. The summed E-state index contributed by atoms with van der Waals surface area (Å²) in [5, 5.41) is 12.3. The number of carbonyl (C=O) groups excluding carboxylic acids is 1. The van der Waals surface area contributed by atoms with Gasteiger partial charge in [0.25, 0.3) is 5.91 Å². The first kappa shape index (κ1) is 15.9. The first-order valence-electron chi connectivity index (χ1n) is 9.28. The molecule has 1 aliphatic rings. The highest BCUT2D eigenvalue weighted by molar-refractivity contribution is 6.07. The standard InChI is InChI=1S/C21H19N5O/c27-21(22-13-19-25-24-18-11-5-6-12-26(18)19)20-14-7-1-3-9-16(14)23-17-10-4-2-8-15(17)20/h1,3,5-7,9,11-12H,2,4,8,10,13H2,(H,22,27). The van der Waals surface area contributed by atoms with Crippen molar-refractivity contribution in [2.75, 3.05) is 0 Å². The fraction of sp³-hybridized carbons (Fsp3) is 0.238. The predicted octanol–water partition coefficient (Wildman–Crippen LogP) is 3.09. The number of fused-ring (bicyclic) bond motifs is 3. The van der Waals surface area contributed by atoms with Gasteiger partial charge < -0.3 is 5.32 Å². The van der Waals surface area contributed by atoms with E-state index in [1.165, 1.54) is 0 Å². The number of pyridine rings is 2. The number of para-hydroxylation sites is 1. The largest absolute Gasteiger partial charge is 0.345 e. The molecule has 0 saturated heterocycles. The maximum Gasteiger partial charge on any atom is 0.252 e. The molecule has 0 atom stereocenters. The van der Waals surface area contributed by atoms with Gasteiger partial charge in [-0.3, -0.25) is 14.2 Å². The molecule has 1 aromatic carbocycles. The number of nitrogens with one attached hydrogen (secondary N) is 1. The second kappa shape index (κ2) is 6.46. The van der Waals surface area contributed by atoms with Gasteiger partial charge in [-0.1, -0.05) is 24.3 Å². The van der Waals surface area contributed by atoms with Crippen LogP contribution in [0.3, 0.4) is 0 Å². The lowest BCUT2D eigenvalue weighted by Gasteiger charge is -2.20. The highest BCUT2D eigenvalue weighted by atomic mass is 16.1. The van der Waals surface area contributed by atoms with Crippen LogP contribution >= 0.6 is 0 Å². The van der Waals surface area contributed by atoms with Gasteiger partial charge in [0.2, 0.25) is 0 Å². The van der Waals surface area contributed by atoms with Gasteiger partial charge in [0, 0.05) is 17.3 Å². The van der Waals surface area contributed by atoms with Crippen molar-refractivity contribution in [3.8, 4) is 0 Å². The summed E-state index contributed by atoms with van der Waals surface area (Å²) in [5.74, 6) is 0.644. The minimum absolute atomic E-state index is 0.0700. The molecule has 0 spiro atoms. The summed E-state index contributed by atoms with van der Waals surface area (Å²) in [5.41, 5.74) is 4.59. The summed E-state index contributed by atoms with van der Waals surface area (Å²) in [6.45, 7) is 0.329. The summed E-state index contributed by atoms with van der Waals surface area (Å²) >= 11 is 0. The average molecular weight is 357 g/mol. The number of aryl methyl sites for hydroxylation is 1. The van der Waals surface area contributed by atoms with Crippen LogP contribution in [-0.2, 0) is 19.4 Å². The van der Waals surface area contributed by atoms with E-state index in [-0.39, 0.29) is 5.91 Å². The van der Waals surface area contributed by atoms with E-state index < -0.39 is 0 Å². The minimum Gasteiger partial charge on any atom is -0.345 e. The minimum atomic E-state index is -0.0700. The van der Waals surface area contributed by atoms with Crippen molar-refractivity contribution < 1.29 is 4.79 Å². The molecule has 134 valence electrons. The van der Waals surface area contributed by atoms with Gasteiger partial charge in [0.15, 0.2) is 11.5 Å². The number of rotatable bonds is 3. The number of hydrogen-bond acceptors (Lipinski definition) is 4. The third-order valence-corrected chi connectivity index (χ3v) is 5.19. The van der Waals surface area contributed by atoms with Crippen LogP contribution in [0.4, 0.5) is 0 Å². The van der Waals surface area contributed by atoms with Crippen molar-refractivity contribution in [2.24, 2.45) is 0 Å². The Morgan fingerprint density at radius 3 is 2.85 bits per heavy atom. The van der Waals surface area contributed by atoms with Crippen molar-refractivity contribution in [1.29, 1.82) is 0 Å². The van der Waals surface area contributed by atoms with E-state index in [2.05, 4.69) is 15.5 Å². The molecule has 3 aromatic heterocycles. The fourth-order valence-electron chi connectivity index (χ4n) is 3.89. The fourth-order valence-corrected chi connectivity index (χ4v) is 3.89. The number of aromatic nitrogens is 4. The predicted molar refractivity (Wildman–Crippen MR) is 103 cm³/mol. The molecule has 0 unspecified atom stereocenters. The highest BCUT2D eigenvalue weighted by Crippen LogP contribution is 2.29. The van der Waals surface area contributed by atoms with Gasteiger partial charge in [0.1, 0.15) is 0 Å². The lowest BCUT2D eigenvalue weighted by molar-refractivity contribution is 0.0950. The molecule has 0 saturated carbocycles. The van der Waals surface area contributed by atoms with E-state index in [9.17, 15) is 4.79 Å². The Balaban J connectivity index is 1.52. The Hall–Kier alpha value is -3.28. The van der Waals surface area contributed by atoms with Gasteiger partial charge in [-0.25, -0.2) is 0 Å². The molecule has 1 amide bonds. The third kappa shape index (κ3) is 2.73. The Morgan fingerprint density at radius 1 is 1.04 bits per heavy atom. The zero-order chi connectivity index (χ0) is 18.2. The van der Waals surface area contributed by atoms with Crippen molar-refractivity contribution in [2.45, 2.75) is 32.2 Å². The van der Waals surface area contributed by atoms with Crippen LogP contribution in [0.2, 0.25) is 0 Å². The van der Waals surface area contributed by atoms with Crippen molar-refractivity contribution in [3.05, 3.63) is 71.3 Å². The molecule has 6 heteroatoms. The van der Waals surface area contributed by atoms with Crippen molar-refractivity contribution in [1.82, 2.24) is 24.9 Å². The second-order valence-electron chi connectivity index (χ2n) is 6.86. The summed E-state index contributed by atoms with van der Waals surface area (Å²) in [7, 11) is 0. The van der Waals surface area contributed by atoms with Gasteiger partial charge in [-0.15, -0.1) is 10.2 Å². The molecular formula is C21H19N5O. The normalized spacial score (nSPS) is 13.6. The molecule has 1 aliphatic carbocycles. The maximum atomic E-state index is 13.2. The highest BCUT2D eigenvalue weighted by Gasteiger charge is 2.22. The average Bonchev–Trinajstić information content (AvgIpc) is 3.13. The van der Waals surface area contributed by atoms with E-state index in [0.29, 0.717) is 12.4 Å². The van der Waals surface area contributed by atoms with Gasteiger partial charge in [-0.05, 0) is 49.4 Å². The summed E-state index contributed by atoms with van der Waals surface area (Å²) in [4.78, 5) is 18.0. The first-order chi connectivity index (χ1) is 13.3. The molecule has 4 aromatic rings. The van der Waals surface area contributed by atoms with E-state index >= 15 is 0 Å². The van der Waals surface area contributed by atoms with E-state index in [0.717, 1.165) is 59.1 Å². The van der Waals surface area contributed by atoms with Crippen molar-refractivity contribution in [3.63, 3.8) is 0 Å². The Labute approximate surface area is 156 Å². The number of amides is 1. The van der Waals surface area contributed by atoms with Gasteiger partial charge >= 0.3 is 0 Å². The molecule has 5 rings (SSSR count). The number of benzene rings is 1. The smallest absolute Gasteiger partial charge is 0.252 e. The summed E-state index contributed by atoms with van der Waals surface area (Å²) in [6, 6.07) is 13.6. The third-order valence-electron chi connectivity index (χ3n) is 5.19. The van der Waals surface area contributed by atoms with Crippen LogP contribution in [0.1, 0.15) is 40.3 Å². The molecule has 0 fully saturated rings. The van der Waals surface area contributed by atoms with Crippen molar-refractivity contribution >= 4 is 22.5 Å². The number of carbonyl (C=O) groups is 1. The first-order valence-corrected chi connectivity index (χ1v) is 9.28. The molecule has 0 aliphatic heterocycles. The molecule has 0 radical (unpaired) electrons. The molecule has 27 heavy (non-hydrogen) atoms. The van der Waals surface area contributed by atoms with Gasteiger partial charge in [-0.2, -0.15) is 0 Å². The van der Waals surface area contributed by atoms with Crippen LogP contribution in [0.5, 0.6) is 0 Å². The lowest BCUT2D eigenvalue weighted by atomic mass is 9.89. The van der Waals surface area contributed by atoms with E-state index in [1.807, 2.05) is 53.1 Å². The Bertz CT molecular complexity index is 1160.